The van der Waals surface area contributed by atoms with Gasteiger partial charge in [0.1, 0.15) is 0 Å². The van der Waals surface area contributed by atoms with Crippen molar-refractivity contribution in [3.05, 3.63) is 46.4 Å². The molecule has 0 bridgehead atoms. The molecule has 116 valence electrons. The maximum absolute atomic E-state index is 12.6. The van der Waals surface area contributed by atoms with E-state index < -0.39 is 0 Å². The van der Waals surface area contributed by atoms with Crippen LogP contribution in [-0.4, -0.2) is 28.1 Å². The van der Waals surface area contributed by atoms with Crippen molar-refractivity contribution in [2.24, 2.45) is 5.92 Å². The number of aliphatic hydroxyl groups is 1. The van der Waals surface area contributed by atoms with Crippen molar-refractivity contribution in [1.82, 2.24) is 10.3 Å². The molecule has 0 radical (unpaired) electrons. The zero-order chi connectivity index (χ0) is 15.7. The summed E-state index contributed by atoms with van der Waals surface area (Å²) in [5, 5.41) is 13.7. The first-order valence-corrected chi connectivity index (χ1v) is 7.69. The van der Waals surface area contributed by atoms with Crippen LogP contribution in [0.15, 0.2) is 35.3 Å². The smallest absolute Gasteiger partial charge is 0.255 e. The average molecular weight is 300 g/mol. The van der Waals surface area contributed by atoms with Gasteiger partial charge in [-0.25, -0.2) is 0 Å². The molecule has 1 amide bonds. The van der Waals surface area contributed by atoms with Crippen LogP contribution in [0.4, 0.5) is 0 Å². The van der Waals surface area contributed by atoms with E-state index in [9.17, 15) is 14.7 Å². The van der Waals surface area contributed by atoms with Crippen molar-refractivity contribution >= 4 is 16.7 Å². The van der Waals surface area contributed by atoms with E-state index in [1.54, 1.807) is 18.2 Å². The molecule has 0 saturated heterocycles. The Balaban J connectivity index is 1.86. The van der Waals surface area contributed by atoms with Crippen LogP contribution in [0.1, 0.15) is 36.5 Å². The standard InChI is InChI=1S/C17H20N2O3/c1-2-15(10-7-11(20)8-10)19-17(22)14-9-18-16(21)13-6-4-3-5-12(13)14/h3-6,9-11,15,20H,2,7-8H2,1H3,(H,18,21)(H,19,22)/t10?,11?,15-/m1/s1. The highest BCUT2D eigenvalue weighted by molar-refractivity contribution is 6.06. The Bertz CT molecular complexity index is 747. The number of aromatic nitrogens is 1. The molecule has 3 rings (SSSR count). The normalized spacial score (nSPS) is 22.1. The maximum atomic E-state index is 12.6. The van der Waals surface area contributed by atoms with Gasteiger partial charge in [-0.15, -0.1) is 0 Å². The number of nitrogens with one attached hydrogen (secondary N) is 2. The number of benzene rings is 1. The lowest BCUT2D eigenvalue weighted by Crippen LogP contribution is -2.46. The Morgan fingerprint density at radius 3 is 2.68 bits per heavy atom. The van der Waals surface area contributed by atoms with Crippen LogP contribution >= 0.6 is 0 Å². The molecule has 0 aliphatic heterocycles. The molecule has 0 unspecified atom stereocenters. The largest absolute Gasteiger partial charge is 0.393 e. The molecule has 22 heavy (non-hydrogen) atoms. The molecule has 0 spiro atoms. The zero-order valence-electron chi connectivity index (χ0n) is 12.5. The van der Waals surface area contributed by atoms with Gasteiger partial charge < -0.3 is 15.4 Å². The van der Waals surface area contributed by atoms with Gasteiger partial charge in [-0.3, -0.25) is 9.59 Å². The van der Waals surface area contributed by atoms with Crippen LogP contribution in [0, 0.1) is 5.92 Å². The van der Waals surface area contributed by atoms with Gasteiger partial charge in [0.15, 0.2) is 0 Å². The van der Waals surface area contributed by atoms with Crippen molar-refractivity contribution in [2.45, 2.75) is 38.3 Å². The Labute approximate surface area is 128 Å². The predicted molar refractivity (Wildman–Crippen MR) is 84.8 cm³/mol. The van der Waals surface area contributed by atoms with E-state index in [1.807, 2.05) is 13.0 Å². The number of aromatic amines is 1. The van der Waals surface area contributed by atoms with E-state index in [0.29, 0.717) is 22.3 Å². The number of H-pyrrole nitrogens is 1. The highest BCUT2D eigenvalue weighted by atomic mass is 16.3. The van der Waals surface area contributed by atoms with Gasteiger partial charge in [0, 0.05) is 23.0 Å². The Kier molecular flexibility index (Phi) is 3.98. The Morgan fingerprint density at radius 1 is 1.36 bits per heavy atom. The number of hydrogen-bond donors (Lipinski definition) is 3. The molecule has 3 N–H and O–H groups in total. The van der Waals surface area contributed by atoms with Crippen LogP contribution in [0.5, 0.6) is 0 Å². The number of pyridine rings is 1. The van der Waals surface area contributed by atoms with E-state index in [-0.39, 0.29) is 23.6 Å². The van der Waals surface area contributed by atoms with Crippen LogP contribution < -0.4 is 10.9 Å². The number of carbonyl (C=O) groups is 1. The lowest BCUT2D eigenvalue weighted by molar-refractivity contribution is 0.0233. The van der Waals surface area contributed by atoms with Crippen molar-refractivity contribution in [3.8, 4) is 0 Å². The van der Waals surface area contributed by atoms with Gasteiger partial charge in [-0.05, 0) is 31.2 Å². The van der Waals surface area contributed by atoms with Gasteiger partial charge >= 0.3 is 0 Å². The van der Waals surface area contributed by atoms with Crippen molar-refractivity contribution in [2.75, 3.05) is 0 Å². The summed E-state index contributed by atoms with van der Waals surface area (Å²) >= 11 is 0. The number of rotatable bonds is 4. The molecule has 1 atom stereocenters. The monoisotopic (exact) mass is 300 g/mol. The summed E-state index contributed by atoms with van der Waals surface area (Å²) in [7, 11) is 0. The molecular weight excluding hydrogens is 280 g/mol. The zero-order valence-corrected chi connectivity index (χ0v) is 12.5. The highest BCUT2D eigenvalue weighted by Gasteiger charge is 2.34. The third-order valence-corrected chi connectivity index (χ3v) is 4.53. The Hall–Kier alpha value is -2.14. The summed E-state index contributed by atoms with van der Waals surface area (Å²) < 4.78 is 0. The molecule has 5 nitrogen and oxygen atoms in total. The second-order valence-corrected chi connectivity index (χ2v) is 5.95. The minimum absolute atomic E-state index is 0.0570. The lowest BCUT2D eigenvalue weighted by atomic mass is 9.76. The number of aliphatic hydroxyl groups excluding tert-OH is 1. The van der Waals surface area contributed by atoms with Crippen molar-refractivity contribution in [3.63, 3.8) is 0 Å². The number of amides is 1. The third kappa shape index (κ3) is 2.64. The molecule has 1 saturated carbocycles. The summed E-state index contributed by atoms with van der Waals surface area (Å²) in [6, 6.07) is 7.15. The number of hydrogen-bond acceptors (Lipinski definition) is 3. The number of fused-ring (bicyclic) bond motifs is 1. The summed E-state index contributed by atoms with van der Waals surface area (Å²) in [4.78, 5) is 27.0. The summed E-state index contributed by atoms with van der Waals surface area (Å²) in [5.74, 6) is 0.152. The molecular formula is C17H20N2O3. The Morgan fingerprint density at radius 2 is 2.05 bits per heavy atom. The molecule has 1 aliphatic rings. The van der Waals surface area contributed by atoms with Crippen molar-refractivity contribution in [1.29, 1.82) is 0 Å². The van der Waals surface area contributed by atoms with Gasteiger partial charge in [0.05, 0.1) is 11.7 Å². The van der Waals surface area contributed by atoms with E-state index >= 15 is 0 Å². The quantitative estimate of drug-likeness (QED) is 0.805. The summed E-state index contributed by atoms with van der Waals surface area (Å²) in [5.41, 5.74) is 0.287. The van der Waals surface area contributed by atoms with Crippen molar-refractivity contribution < 1.29 is 9.90 Å². The van der Waals surface area contributed by atoms with Gasteiger partial charge in [0.2, 0.25) is 0 Å². The van der Waals surface area contributed by atoms with Crippen LogP contribution in [0.3, 0.4) is 0 Å². The fraction of sp³-hybridized carbons (Fsp3) is 0.412. The first kappa shape index (κ1) is 14.8. The molecule has 5 heteroatoms. The summed E-state index contributed by atoms with van der Waals surface area (Å²) in [6.45, 7) is 2.03. The van der Waals surface area contributed by atoms with Gasteiger partial charge in [-0.2, -0.15) is 0 Å². The maximum Gasteiger partial charge on any atom is 0.255 e. The fourth-order valence-corrected chi connectivity index (χ4v) is 3.15. The van der Waals surface area contributed by atoms with Gasteiger partial charge in [-0.1, -0.05) is 25.1 Å². The average Bonchev–Trinajstić information content (AvgIpc) is 2.50. The van der Waals surface area contributed by atoms with Crippen LogP contribution in [-0.2, 0) is 0 Å². The lowest BCUT2D eigenvalue weighted by Gasteiger charge is -2.37. The second kappa shape index (κ2) is 5.93. The molecule has 2 aromatic rings. The summed E-state index contributed by atoms with van der Waals surface area (Å²) in [6.07, 6.45) is 3.55. The molecule has 1 aromatic carbocycles. The van der Waals surface area contributed by atoms with Crippen LogP contribution in [0.25, 0.3) is 10.8 Å². The minimum Gasteiger partial charge on any atom is -0.393 e. The van der Waals surface area contributed by atoms with Crippen LogP contribution in [0.2, 0.25) is 0 Å². The third-order valence-electron chi connectivity index (χ3n) is 4.53. The fourth-order valence-electron chi connectivity index (χ4n) is 3.15. The van der Waals surface area contributed by atoms with Gasteiger partial charge in [0.25, 0.3) is 11.5 Å². The predicted octanol–water partition coefficient (Wildman–Crippen LogP) is 1.81. The SMILES string of the molecule is CC[C@@H](NC(=O)c1c[nH]c(=O)c2ccccc12)C1CC(O)C1. The second-order valence-electron chi connectivity index (χ2n) is 5.95. The van der Waals surface area contributed by atoms with E-state index in [4.69, 9.17) is 0 Å². The van der Waals surface area contributed by atoms with E-state index in [1.165, 1.54) is 6.20 Å². The first-order valence-electron chi connectivity index (χ1n) is 7.69. The first-order chi connectivity index (χ1) is 10.6. The molecule has 1 fully saturated rings. The topological polar surface area (TPSA) is 82.2 Å². The van der Waals surface area contributed by atoms with E-state index in [0.717, 1.165) is 19.3 Å². The highest BCUT2D eigenvalue weighted by Crippen LogP contribution is 2.31. The molecule has 1 aromatic heterocycles. The minimum atomic E-state index is -0.232. The molecule has 1 heterocycles. The number of carbonyl (C=O) groups excluding carboxylic acids is 1. The van der Waals surface area contributed by atoms with E-state index in [2.05, 4.69) is 10.3 Å². The molecule has 1 aliphatic carbocycles.